The van der Waals surface area contributed by atoms with Crippen molar-refractivity contribution in [3.63, 3.8) is 0 Å². The van der Waals surface area contributed by atoms with Crippen molar-refractivity contribution in [3.05, 3.63) is 29.9 Å². The largest absolute Gasteiger partial charge is 0.338 e. The molecule has 2 aromatic heterocycles. The van der Waals surface area contributed by atoms with E-state index in [1.165, 1.54) is 0 Å². The lowest BCUT2D eigenvalue weighted by Crippen LogP contribution is -1.96. The second-order valence-electron chi connectivity index (χ2n) is 3.10. The van der Waals surface area contributed by atoms with Gasteiger partial charge in [0.2, 0.25) is 11.7 Å². The third kappa shape index (κ3) is 1.87. The van der Waals surface area contributed by atoms with Crippen LogP contribution in [0.3, 0.4) is 0 Å². The number of hydrogen-bond donors (Lipinski definition) is 1. The molecule has 0 unspecified atom stereocenters. The quantitative estimate of drug-likeness (QED) is 0.811. The Kier molecular flexibility index (Phi) is 2.73. The molecule has 0 saturated carbocycles. The molecule has 0 aromatic carbocycles. The Bertz CT molecular complexity index is 452. The van der Waals surface area contributed by atoms with Crippen LogP contribution < -0.4 is 5.73 Å². The molecular formula is C10H12N4O. The molecule has 0 aliphatic carbocycles. The number of hydrogen-bond acceptors (Lipinski definition) is 5. The highest BCUT2D eigenvalue weighted by atomic mass is 16.5. The van der Waals surface area contributed by atoms with Crippen molar-refractivity contribution in [2.45, 2.75) is 19.9 Å². The molecule has 0 atom stereocenters. The molecule has 15 heavy (non-hydrogen) atoms. The van der Waals surface area contributed by atoms with Crippen molar-refractivity contribution in [2.75, 3.05) is 0 Å². The third-order valence-electron chi connectivity index (χ3n) is 2.17. The highest BCUT2D eigenvalue weighted by Crippen LogP contribution is 2.19. The molecule has 0 saturated heterocycles. The van der Waals surface area contributed by atoms with E-state index in [0.29, 0.717) is 11.7 Å². The second kappa shape index (κ2) is 4.18. The molecule has 78 valence electrons. The average molecular weight is 204 g/mol. The second-order valence-corrected chi connectivity index (χ2v) is 3.10. The molecule has 5 heteroatoms. The van der Waals surface area contributed by atoms with Gasteiger partial charge in [0.1, 0.15) is 0 Å². The summed E-state index contributed by atoms with van der Waals surface area (Å²) in [7, 11) is 0. The van der Waals surface area contributed by atoms with Gasteiger partial charge in [-0.2, -0.15) is 4.98 Å². The van der Waals surface area contributed by atoms with Crippen LogP contribution in [0.15, 0.2) is 23.0 Å². The average Bonchev–Trinajstić information content (AvgIpc) is 2.77. The van der Waals surface area contributed by atoms with Crippen LogP contribution in [0.25, 0.3) is 11.4 Å². The summed E-state index contributed by atoms with van der Waals surface area (Å²) in [6.07, 6.45) is 4.41. The fourth-order valence-electron chi connectivity index (χ4n) is 1.37. The monoisotopic (exact) mass is 204 g/mol. The molecular weight excluding hydrogens is 192 g/mol. The molecule has 2 N–H and O–H groups in total. The van der Waals surface area contributed by atoms with Crippen molar-refractivity contribution < 1.29 is 4.52 Å². The van der Waals surface area contributed by atoms with Gasteiger partial charge in [0.15, 0.2) is 0 Å². The van der Waals surface area contributed by atoms with Gasteiger partial charge in [0.25, 0.3) is 0 Å². The molecule has 5 nitrogen and oxygen atoms in total. The first-order chi connectivity index (χ1) is 7.35. The summed E-state index contributed by atoms with van der Waals surface area (Å²) in [4.78, 5) is 8.23. The Morgan fingerprint density at radius 1 is 1.47 bits per heavy atom. The van der Waals surface area contributed by atoms with E-state index >= 15 is 0 Å². The molecule has 2 rings (SSSR count). The first-order valence-electron chi connectivity index (χ1n) is 4.81. The zero-order chi connectivity index (χ0) is 10.7. The molecule has 0 bridgehead atoms. The molecule has 0 fully saturated rings. The maximum atomic E-state index is 5.40. The summed E-state index contributed by atoms with van der Waals surface area (Å²) in [5, 5.41) is 3.87. The van der Waals surface area contributed by atoms with E-state index in [1.807, 2.05) is 12.3 Å². The van der Waals surface area contributed by atoms with Crippen LogP contribution in [0.1, 0.15) is 18.4 Å². The Balaban J connectivity index is 2.44. The van der Waals surface area contributed by atoms with Crippen LogP contribution in [0.2, 0.25) is 0 Å². The minimum Gasteiger partial charge on any atom is -0.338 e. The van der Waals surface area contributed by atoms with Crippen LogP contribution >= 0.6 is 0 Å². The fraction of sp³-hybridized carbons (Fsp3) is 0.300. The van der Waals surface area contributed by atoms with E-state index in [2.05, 4.69) is 22.0 Å². The van der Waals surface area contributed by atoms with Gasteiger partial charge in [0, 0.05) is 18.0 Å². The Hall–Kier alpha value is -1.75. The number of aromatic nitrogens is 3. The van der Waals surface area contributed by atoms with E-state index in [1.54, 1.807) is 6.20 Å². The summed E-state index contributed by atoms with van der Waals surface area (Å²) in [6.45, 7) is 2.32. The van der Waals surface area contributed by atoms with Crippen LogP contribution in [0, 0.1) is 0 Å². The summed E-state index contributed by atoms with van der Waals surface area (Å²) >= 11 is 0. The first-order valence-corrected chi connectivity index (χ1v) is 4.81. The third-order valence-corrected chi connectivity index (χ3v) is 2.17. The Labute approximate surface area is 87.3 Å². The molecule has 0 spiro atoms. The Morgan fingerprint density at radius 2 is 2.33 bits per heavy atom. The number of rotatable bonds is 3. The van der Waals surface area contributed by atoms with Crippen LogP contribution in [0.4, 0.5) is 0 Å². The van der Waals surface area contributed by atoms with Gasteiger partial charge in [-0.05, 0) is 18.1 Å². The van der Waals surface area contributed by atoms with E-state index in [-0.39, 0.29) is 6.54 Å². The van der Waals surface area contributed by atoms with Gasteiger partial charge >= 0.3 is 0 Å². The minimum atomic E-state index is 0.263. The number of nitrogens with zero attached hydrogens (tertiary/aromatic N) is 3. The highest BCUT2D eigenvalue weighted by molar-refractivity contribution is 5.58. The first kappa shape index (κ1) is 9.79. The predicted molar refractivity (Wildman–Crippen MR) is 54.8 cm³/mol. The smallest absolute Gasteiger partial charge is 0.240 e. The van der Waals surface area contributed by atoms with Crippen molar-refractivity contribution in [3.8, 4) is 11.4 Å². The summed E-state index contributed by atoms with van der Waals surface area (Å²) in [5.41, 5.74) is 7.46. The summed E-state index contributed by atoms with van der Waals surface area (Å²) in [6, 6.07) is 1.88. The molecule has 2 aromatic rings. The van der Waals surface area contributed by atoms with Gasteiger partial charge in [-0.1, -0.05) is 12.1 Å². The standard InChI is InChI=1S/C10H12N4O/c1-2-7-6-12-4-3-8(7)10-13-9(5-11)15-14-10/h3-4,6H,2,5,11H2,1H3. The van der Waals surface area contributed by atoms with Gasteiger partial charge < -0.3 is 10.3 Å². The predicted octanol–water partition coefficient (Wildman–Crippen LogP) is 1.15. The van der Waals surface area contributed by atoms with E-state index in [9.17, 15) is 0 Å². The van der Waals surface area contributed by atoms with Crippen LogP contribution in [0.5, 0.6) is 0 Å². The Morgan fingerprint density at radius 3 is 3.00 bits per heavy atom. The van der Waals surface area contributed by atoms with Crippen LogP contribution in [-0.2, 0) is 13.0 Å². The molecule has 0 aliphatic heterocycles. The number of aryl methyl sites for hydroxylation is 1. The van der Waals surface area contributed by atoms with Crippen molar-refractivity contribution in [1.82, 2.24) is 15.1 Å². The zero-order valence-corrected chi connectivity index (χ0v) is 8.47. The number of nitrogens with two attached hydrogens (primary N) is 1. The zero-order valence-electron chi connectivity index (χ0n) is 8.47. The fourth-order valence-corrected chi connectivity index (χ4v) is 1.37. The molecule has 2 heterocycles. The van der Waals surface area contributed by atoms with Crippen molar-refractivity contribution in [1.29, 1.82) is 0 Å². The minimum absolute atomic E-state index is 0.263. The topological polar surface area (TPSA) is 77.8 Å². The van der Waals surface area contributed by atoms with E-state index < -0.39 is 0 Å². The maximum absolute atomic E-state index is 5.40. The van der Waals surface area contributed by atoms with E-state index in [0.717, 1.165) is 17.5 Å². The van der Waals surface area contributed by atoms with Gasteiger partial charge in [0.05, 0.1) is 6.54 Å². The lowest BCUT2D eigenvalue weighted by atomic mass is 10.1. The summed E-state index contributed by atoms with van der Waals surface area (Å²) < 4.78 is 4.96. The molecule has 0 aliphatic rings. The van der Waals surface area contributed by atoms with Crippen molar-refractivity contribution in [2.24, 2.45) is 5.73 Å². The maximum Gasteiger partial charge on any atom is 0.240 e. The number of pyridine rings is 1. The van der Waals surface area contributed by atoms with E-state index in [4.69, 9.17) is 10.3 Å². The lowest BCUT2D eigenvalue weighted by molar-refractivity contribution is 0.380. The van der Waals surface area contributed by atoms with Crippen LogP contribution in [-0.4, -0.2) is 15.1 Å². The van der Waals surface area contributed by atoms with Gasteiger partial charge in [-0.15, -0.1) is 0 Å². The summed E-state index contributed by atoms with van der Waals surface area (Å²) in [5.74, 6) is 1.03. The lowest BCUT2D eigenvalue weighted by Gasteiger charge is -2.00. The normalized spacial score (nSPS) is 10.5. The molecule has 0 radical (unpaired) electrons. The van der Waals surface area contributed by atoms with Crippen molar-refractivity contribution >= 4 is 0 Å². The SMILES string of the molecule is CCc1cnccc1-c1noc(CN)n1. The molecule has 0 amide bonds. The van der Waals surface area contributed by atoms with Gasteiger partial charge in [-0.3, -0.25) is 4.98 Å². The van der Waals surface area contributed by atoms with Gasteiger partial charge in [-0.25, -0.2) is 0 Å². The highest BCUT2D eigenvalue weighted by Gasteiger charge is 2.10.